The van der Waals surface area contributed by atoms with Gasteiger partial charge in [-0.3, -0.25) is 4.79 Å². The first-order valence-corrected chi connectivity index (χ1v) is 9.88. The second-order valence-corrected chi connectivity index (χ2v) is 7.44. The monoisotopic (exact) mass is 344 g/mol. The number of piperidine rings is 1. The number of hydrogen-bond donors (Lipinski definition) is 0. The first kappa shape index (κ1) is 18.4. The molecule has 2 aliphatic heterocycles. The summed E-state index contributed by atoms with van der Waals surface area (Å²) in [5, 5.41) is 0. The fraction of sp³-hybridized carbons (Fsp3) is 0.667. The Kier molecular flexibility index (Phi) is 6.88. The highest BCUT2D eigenvalue weighted by Gasteiger charge is 2.26. The summed E-state index contributed by atoms with van der Waals surface area (Å²) >= 11 is 0. The van der Waals surface area contributed by atoms with Crippen LogP contribution in [0.1, 0.15) is 43.2 Å². The van der Waals surface area contributed by atoms with Gasteiger partial charge >= 0.3 is 0 Å². The molecule has 0 spiro atoms. The number of carbonyl (C=O) groups excluding carboxylic acids is 1. The topological polar surface area (TPSA) is 32.8 Å². The summed E-state index contributed by atoms with van der Waals surface area (Å²) in [5.41, 5.74) is 2.36. The third kappa shape index (κ3) is 5.29. The van der Waals surface area contributed by atoms with Gasteiger partial charge in [0.2, 0.25) is 5.91 Å². The molecule has 1 amide bonds. The lowest BCUT2D eigenvalue weighted by Gasteiger charge is -2.37. The zero-order valence-electron chi connectivity index (χ0n) is 15.6. The average Bonchev–Trinajstić information content (AvgIpc) is 2.65. The number of ether oxygens (including phenoxy) is 1. The van der Waals surface area contributed by atoms with Crippen molar-refractivity contribution in [3.05, 3.63) is 35.4 Å². The molecular weight excluding hydrogens is 312 g/mol. The van der Waals surface area contributed by atoms with Gasteiger partial charge in [0.05, 0.1) is 6.42 Å². The van der Waals surface area contributed by atoms with Crippen molar-refractivity contribution in [2.45, 2.75) is 51.5 Å². The molecule has 0 saturated carbocycles. The molecule has 2 fully saturated rings. The first-order valence-electron chi connectivity index (χ1n) is 9.88. The molecule has 0 radical (unpaired) electrons. The largest absolute Gasteiger partial charge is 0.381 e. The summed E-state index contributed by atoms with van der Waals surface area (Å²) in [6.07, 6.45) is 6.41. The van der Waals surface area contributed by atoms with Crippen molar-refractivity contribution in [1.29, 1.82) is 0 Å². The molecule has 0 aromatic heterocycles. The highest BCUT2D eigenvalue weighted by molar-refractivity contribution is 5.79. The van der Waals surface area contributed by atoms with E-state index in [1.165, 1.54) is 37.9 Å². The van der Waals surface area contributed by atoms with E-state index in [-0.39, 0.29) is 5.91 Å². The van der Waals surface area contributed by atoms with Gasteiger partial charge in [0, 0.05) is 32.3 Å². The van der Waals surface area contributed by atoms with Gasteiger partial charge in [-0.2, -0.15) is 0 Å². The van der Waals surface area contributed by atoms with Crippen LogP contribution in [0.25, 0.3) is 0 Å². The van der Waals surface area contributed by atoms with Crippen molar-refractivity contribution in [2.24, 2.45) is 0 Å². The predicted molar refractivity (Wildman–Crippen MR) is 101 cm³/mol. The van der Waals surface area contributed by atoms with E-state index in [2.05, 4.69) is 28.9 Å². The number of aryl methyl sites for hydroxylation is 1. The summed E-state index contributed by atoms with van der Waals surface area (Å²) in [6.45, 7) is 7.90. The molecule has 0 N–H and O–H groups in total. The maximum Gasteiger partial charge on any atom is 0.227 e. The second kappa shape index (κ2) is 9.35. The van der Waals surface area contributed by atoms with Crippen molar-refractivity contribution in [2.75, 3.05) is 39.4 Å². The predicted octanol–water partition coefficient (Wildman–Crippen LogP) is 3.03. The third-order valence-electron chi connectivity index (χ3n) is 5.66. The number of hydrogen-bond acceptors (Lipinski definition) is 3. The van der Waals surface area contributed by atoms with Crippen LogP contribution in [0.5, 0.6) is 0 Å². The van der Waals surface area contributed by atoms with E-state index in [9.17, 15) is 4.79 Å². The van der Waals surface area contributed by atoms with Gasteiger partial charge in [0.15, 0.2) is 0 Å². The molecule has 4 heteroatoms. The van der Waals surface area contributed by atoms with Crippen molar-refractivity contribution < 1.29 is 9.53 Å². The number of likely N-dealkylation sites (tertiary alicyclic amines) is 1. The molecule has 0 atom stereocenters. The smallest absolute Gasteiger partial charge is 0.227 e. The van der Waals surface area contributed by atoms with Crippen molar-refractivity contribution in [1.82, 2.24) is 9.80 Å². The molecule has 2 heterocycles. The fourth-order valence-electron chi connectivity index (χ4n) is 4.01. The minimum absolute atomic E-state index is 0.276. The molecular formula is C21H32N2O2. The number of carbonyl (C=O) groups is 1. The molecule has 3 rings (SSSR count). The van der Waals surface area contributed by atoms with Crippen molar-refractivity contribution in [3.8, 4) is 0 Å². The number of benzene rings is 1. The van der Waals surface area contributed by atoms with Crippen molar-refractivity contribution in [3.63, 3.8) is 0 Å². The standard InChI is InChI=1S/C21H32N2O2/c1-18-7-3-4-8-19(18)17-21(24)23(20-9-15-25-16-10-20)14-13-22-11-5-2-6-12-22/h3-4,7-8,20H,2,5-6,9-17H2,1H3. The molecule has 2 saturated heterocycles. The molecule has 4 nitrogen and oxygen atoms in total. The Morgan fingerprint density at radius 3 is 2.60 bits per heavy atom. The Balaban J connectivity index is 1.64. The van der Waals surface area contributed by atoms with Crippen LogP contribution in [-0.4, -0.2) is 61.1 Å². The zero-order chi connectivity index (χ0) is 17.5. The Labute approximate surface area is 152 Å². The Morgan fingerprint density at radius 1 is 1.16 bits per heavy atom. The lowest BCUT2D eigenvalue weighted by molar-refractivity contribution is -0.135. The first-order chi connectivity index (χ1) is 12.2. The van der Waals surface area contributed by atoms with Crippen LogP contribution in [0.4, 0.5) is 0 Å². The Hall–Kier alpha value is -1.39. The normalized spacial score (nSPS) is 19.7. The minimum Gasteiger partial charge on any atom is -0.381 e. The summed E-state index contributed by atoms with van der Waals surface area (Å²) in [4.78, 5) is 17.8. The number of nitrogens with zero attached hydrogens (tertiary/aromatic N) is 2. The lowest BCUT2D eigenvalue weighted by atomic mass is 10.0. The zero-order valence-corrected chi connectivity index (χ0v) is 15.6. The fourth-order valence-corrected chi connectivity index (χ4v) is 4.01. The molecule has 25 heavy (non-hydrogen) atoms. The van der Waals surface area contributed by atoms with Crippen LogP contribution in [0.3, 0.4) is 0 Å². The van der Waals surface area contributed by atoms with Crippen LogP contribution in [0, 0.1) is 6.92 Å². The minimum atomic E-state index is 0.276. The molecule has 1 aromatic carbocycles. The maximum atomic E-state index is 13.1. The summed E-state index contributed by atoms with van der Waals surface area (Å²) in [5.74, 6) is 0.276. The quantitative estimate of drug-likeness (QED) is 0.795. The van der Waals surface area contributed by atoms with E-state index in [1.54, 1.807) is 0 Å². The lowest BCUT2D eigenvalue weighted by Crippen LogP contribution is -2.48. The van der Waals surface area contributed by atoms with E-state index < -0.39 is 0 Å². The van der Waals surface area contributed by atoms with Crippen LogP contribution in [-0.2, 0) is 16.0 Å². The number of rotatable bonds is 6. The maximum absolute atomic E-state index is 13.1. The number of amides is 1. The molecule has 0 bridgehead atoms. The molecule has 0 unspecified atom stereocenters. The van der Waals surface area contributed by atoms with E-state index in [0.29, 0.717) is 12.5 Å². The van der Waals surface area contributed by atoms with E-state index >= 15 is 0 Å². The third-order valence-corrected chi connectivity index (χ3v) is 5.66. The molecule has 1 aromatic rings. The van der Waals surface area contributed by atoms with Gasteiger partial charge in [0.25, 0.3) is 0 Å². The SMILES string of the molecule is Cc1ccccc1CC(=O)N(CCN1CCCCC1)C1CCOCC1. The van der Waals surface area contributed by atoms with Crippen molar-refractivity contribution >= 4 is 5.91 Å². The highest BCUT2D eigenvalue weighted by atomic mass is 16.5. The molecule has 2 aliphatic rings. The molecule has 138 valence electrons. The average molecular weight is 344 g/mol. The highest BCUT2D eigenvalue weighted by Crippen LogP contribution is 2.18. The van der Waals surface area contributed by atoms with Gasteiger partial charge in [-0.15, -0.1) is 0 Å². The second-order valence-electron chi connectivity index (χ2n) is 7.44. The molecule has 0 aliphatic carbocycles. The van der Waals surface area contributed by atoms with Crippen LogP contribution >= 0.6 is 0 Å². The van der Waals surface area contributed by atoms with E-state index in [1.807, 2.05) is 12.1 Å². The Bertz CT molecular complexity index is 549. The summed E-state index contributed by atoms with van der Waals surface area (Å²) < 4.78 is 5.51. The van der Waals surface area contributed by atoms with Gasteiger partial charge in [-0.1, -0.05) is 30.7 Å². The van der Waals surface area contributed by atoms with Crippen LogP contribution in [0.15, 0.2) is 24.3 Å². The van der Waals surface area contributed by atoms with Gasteiger partial charge in [0.1, 0.15) is 0 Å². The van der Waals surface area contributed by atoms with E-state index in [4.69, 9.17) is 4.74 Å². The van der Waals surface area contributed by atoms with Crippen LogP contribution in [0.2, 0.25) is 0 Å². The van der Waals surface area contributed by atoms with Gasteiger partial charge in [-0.05, 0) is 56.8 Å². The van der Waals surface area contributed by atoms with E-state index in [0.717, 1.165) is 44.7 Å². The van der Waals surface area contributed by atoms with Gasteiger partial charge < -0.3 is 14.5 Å². The summed E-state index contributed by atoms with van der Waals surface area (Å²) in [6, 6.07) is 8.59. The summed E-state index contributed by atoms with van der Waals surface area (Å²) in [7, 11) is 0. The van der Waals surface area contributed by atoms with Crippen LogP contribution < -0.4 is 0 Å². The van der Waals surface area contributed by atoms with Gasteiger partial charge in [-0.25, -0.2) is 0 Å². The Morgan fingerprint density at radius 2 is 1.88 bits per heavy atom.